The lowest BCUT2D eigenvalue weighted by Crippen LogP contribution is -2.34. The Morgan fingerprint density at radius 3 is 2.52 bits per heavy atom. The summed E-state index contributed by atoms with van der Waals surface area (Å²) in [6.45, 7) is 6.79. The summed E-state index contributed by atoms with van der Waals surface area (Å²) in [4.78, 5) is 14.5. The first-order valence-electron chi connectivity index (χ1n) is 7.12. The number of carbonyl (C=O) groups excluding carboxylic acids is 1. The van der Waals surface area contributed by atoms with Crippen molar-refractivity contribution in [2.45, 2.75) is 44.6 Å². The zero-order valence-electron chi connectivity index (χ0n) is 12.5. The van der Waals surface area contributed by atoms with Gasteiger partial charge in [-0.1, -0.05) is 19.9 Å². The summed E-state index contributed by atoms with van der Waals surface area (Å²) in [5.74, 6) is 0.361. The molecular formula is C15H20ClNO3S. The van der Waals surface area contributed by atoms with Crippen molar-refractivity contribution in [1.82, 2.24) is 4.90 Å². The lowest BCUT2D eigenvalue weighted by atomic mass is 10.0. The van der Waals surface area contributed by atoms with Crippen molar-refractivity contribution in [1.29, 1.82) is 0 Å². The molecule has 1 amide bonds. The normalized spacial score (nSPS) is 22.6. The molecule has 21 heavy (non-hydrogen) atoms. The minimum atomic E-state index is -3.83. The number of nitrogens with zero attached hydrogens (tertiary/aromatic N) is 1. The van der Waals surface area contributed by atoms with Gasteiger partial charge in [0.2, 0.25) is 0 Å². The molecule has 0 N–H and O–H groups in total. The zero-order chi connectivity index (χ0) is 15.8. The number of amides is 1. The lowest BCUT2D eigenvalue weighted by Gasteiger charge is -2.23. The Morgan fingerprint density at radius 1 is 1.38 bits per heavy atom. The van der Waals surface area contributed by atoms with Gasteiger partial charge in [0.25, 0.3) is 15.0 Å². The summed E-state index contributed by atoms with van der Waals surface area (Å²) in [6, 6.07) is 4.70. The zero-order valence-corrected chi connectivity index (χ0v) is 14.0. The van der Waals surface area contributed by atoms with Crippen LogP contribution in [0.2, 0.25) is 0 Å². The summed E-state index contributed by atoms with van der Waals surface area (Å²) in [6.07, 6.45) is 1.64. The first-order valence-corrected chi connectivity index (χ1v) is 9.43. The summed E-state index contributed by atoms with van der Waals surface area (Å²) >= 11 is 0. The second-order valence-corrected chi connectivity index (χ2v) is 8.32. The molecule has 2 rings (SSSR count). The van der Waals surface area contributed by atoms with Gasteiger partial charge in [0.05, 0.1) is 4.90 Å². The molecule has 2 unspecified atom stereocenters. The Kier molecular flexibility index (Phi) is 4.63. The molecule has 1 aliphatic heterocycles. The van der Waals surface area contributed by atoms with E-state index in [0.717, 1.165) is 12.0 Å². The smallest absolute Gasteiger partial charge is 0.261 e. The molecule has 2 atom stereocenters. The maximum atomic E-state index is 12.7. The van der Waals surface area contributed by atoms with Crippen molar-refractivity contribution in [3.8, 4) is 0 Å². The van der Waals surface area contributed by atoms with E-state index >= 15 is 0 Å². The van der Waals surface area contributed by atoms with Crippen LogP contribution in [0, 0.1) is 5.92 Å². The SMILES string of the molecule is CCc1ccc(S(=O)(=O)Cl)cc1C(=O)N1CC(C)CC1C. The average molecular weight is 330 g/mol. The molecule has 1 aromatic carbocycles. The molecule has 0 radical (unpaired) electrons. The van der Waals surface area contributed by atoms with Gasteiger partial charge in [-0.3, -0.25) is 4.79 Å². The molecule has 0 spiro atoms. The summed E-state index contributed by atoms with van der Waals surface area (Å²) in [5.41, 5.74) is 1.29. The third-order valence-corrected chi connectivity index (χ3v) is 5.37. The van der Waals surface area contributed by atoms with Crippen LogP contribution in [-0.4, -0.2) is 31.8 Å². The first-order chi connectivity index (χ1) is 9.74. The highest BCUT2D eigenvalue weighted by atomic mass is 35.7. The van der Waals surface area contributed by atoms with Crippen LogP contribution in [-0.2, 0) is 15.5 Å². The van der Waals surface area contributed by atoms with Crippen LogP contribution >= 0.6 is 10.7 Å². The predicted molar refractivity (Wildman–Crippen MR) is 83.1 cm³/mol. The Balaban J connectivity index is 2.44. The van der Waals surface area contributed by atoms with Crippen LogP contribution in [0.15, 0.2) is 23.1 Å². The molecule has 6 heteroatoms. The Bertz CT molecular complexity index is 657. The molecule has 0 saturated carbocycles. The standard InChI is InChI=1S/C15H20ClNO3S/c1-4-12-5-6-13(21(16,19)20)8-14(12)15(18)17-9-10(2)7-11(17)3/h5-6,8,10-11H,4,7,9H2,1-3H3. The number of carbonyl (C=O) groups is 1. The topological polar surface area (TPSA) is 54.5 Å². The van der Waals surface area contributed by atoms with Gasteiger partial charge < -0.3 is 4.90 Å². The molecule has 116 valence electrons. The molecule has 0 aromatic heterocycles. The molecule has 0 bridgehead atoms. The van der Waals surface area contributed by atoms with Crippen LogP contribution < -0.4 is 0 Å². The number of halogens is 1. The van der Waals surface area contributed by atoms with Crippen molar-refractivity contribution in [2.75, 3.05) is 6.54 Å². The number of likely N-dealkylation sites (tertiary alicyclic amines) is 1. The third kappa shape index (κ3) is 3.40. The molecule has 1 fully saturated rings. The van der Waals surface area contributed by atoms with Crippen molar-refractivity contribution in [2.24, 2.45) is 5.92 Å². The van der Waals surface area contributed by atoms with Crippen molar-refractivity contribution in [3.05, 3.63) is 29.3 Å². The van der Waals surface area contributed by atoms with Crippen LogP contribution in [0.4, 0.5) is 0 Å². The van der Waals surface area contributed by atoms with Crippen LogP contribution in [0.25, 0.3) is 0 Å². The fourth-order valence-corrected chi connectivity index (χ4v) is 3.73. The van der Waals surface area contributed by atoms with E-state index in [0.29, 0.717) is 24.4 Å². The highest BCUT2D eigenvalue weighted by Gasteiger charge is 2.31. The van der Waals surface area contributed by atoms with Crippen molar-refractivity contribution in [3.63, 3.8) is 0 Å². The van der Waals surface area contributed by atoms with Gasteiger partial charge in [-0.2, -0.15) is 0 Å². The maximum Gasteiger partial charge on any atom is 0.261 e. The van der Waals surface area contributed by atoms with E-state index in [-0.39, 0.29) is 16.8 Å². The van der Waals surface area contributed by atoms with Crippen molar-refractivity contribution < 1.29 is 13.2 Å². The molecule has 1 aliphatic rings. The molecule has 1 aromatic rings. The van der Waals surface area contributed by atoms with Crippen molar-refractivity contribution >= 4 is 25.6 Å². The van der Waals surface area contributed by atoms with E-state index in [4.69, 9.17) is 10.7 Å². The van der Waals surface area contributed by atoms with Gasteiger partial charge in [0.1, 0.15) is 0 Å². The van der Waals surface area contributed by atoms with E-state index in [1.54, 1.807) is 6.07 Å². The van der Waals surface area contributed by atoms with Gasteiger partial charge >= 0.3 is 0 Å². The van der Waals surface area contributed by atoms with Gasteiger partial charge in [0, 0.05) is 28.8 Å². The van der Waals surface area contributed by atoms with E-state index in [1.807, 2.05) is 18.7 Å². The van der Waals surface area contributed by atoms with E-state index in [2.05, 4.69) is 6.92 Å². The molecule has 4 nitrogen and oxygen atoms in total. The number of hydrogen-bond donors (Lipinski definition) is 0. The highest BCUT2D eigenvalue weighted by Crippen LogP contribution is 2.27. The number of hydrogen-bond acceptors (Lipinski definition) is 3. The molecule has 0 aliphatic carbocycles. The number of benzene rings is 1. The Morgan fingerprint density at radius 2 is 2.05 bits per heavy atom. The molecule has 1 heterocycles. The predicted octanol–water partition coefficient (Wildman–Crippen LogP) is 3.05. The minimum Gasteiger partial charge on any atom is -0.336 e. The second-order valence-electron chi connectivity index (χ2n) is 5.76. The fourth-order valence-electron chi connectivity index (χ4n) is 2.95. The Hall–Kier alpha value is -1.07. The summed E-state index contributed by atoms with van der Waals surface area (Å²) in [7, 11) is 1.56. The van der Waals surface area contributed by atoms with E-state index in [9.17, 15) is 13.2 Å². The minimum absolute atomic E-state index is 0.0235. The maximum absolute atomic E-state index is 12.7. The second kappa shape index (κ2) is 5.97. The van der Waals surface area contributed by atoms with E-state index in [1.165, 1.54) is 12.1 Å². The fraction of sp³-hybridized carbons (Fsp3) is 0.533. The number of rotatable bonds is 3. The number of aryl methyl sites for hydroxylation is 1. The largest absolute Gasteiger partial charge is 0.336 e. The highest BCUT2D eigenvalue weighted by molar-refractivity contribution is 8.13. The average Bonchev–Trinajstić information content (AvgIpc) is 2.75. The Labute approximate surface area is 130 Å². The van der Waals surface area contributed by atoms with Gasteiger partial charge in [-0.15, -0.1) is 0 Å². The van der Waals surface area contributed by atoms with Crippen LogP contribution in [0.5, 0.6) is 0 Å². The van der Waals surface area contributed by atoms with Gasteiger partial charge in [-0.05, 0) is 43.4 Å². The van der Waals surface area contributed by atoms with Gasteiger partial charge in [0.15, 0.2) is 0 Å². The van der Waals surface area contributed by atoms with Crippen LogP contribution in [0.3, 0.4) is 0 Å². The quantitative estimate of drug-likeness (QED) is 0.801. The summed E-state index contributed by atoms with van der Waals surface area (Å²) < 4.78 is 23.0. The summed E-state index contributed by atoms with van der Waals surface area (Å²) in [5, 5.41) is 0. The lowest BCUT2D eigenvalue weighted by molar-refractivity contribution is 0.0742. The monoisotopic (exact) mass is 329 g/mol. The first kappa shape index (κ1) is 16.3. The molecular weight excluding hydrogens is 310 g/mol. The molecule has 1 saturated heterocycles. The van der Waals surface area contributed by atoms with Crippen LogP contribution in [0.1, 0.15) is 43.1 Å². The third-order valence-electron chi connectivity index (χ3n) is 4.02. The van der Waals surface area contributed by atoms with Gasteiger partial charge in [-0.25, -0.2) is 8.42 Å². The van der Waals surface area contributed by atoms with E-state index < -0.39 is 9.05 Å².